The predicted molar refractivity (Wildman–Crippen MR) is 66.0 cm³/mol. The van der Waals surface area contributed by atoms with E-state index in [2.05, 4.69) is 30.1 Å². The number of rotatable bonds is 1. The average Bonchev–Trinajstić information content (AvgIpc) is 2.66. The zero-order valence-corrected chi connectivity index (χ0v) is 9.84. The molecule has 0 saturated heterocycles. The van der Waals surface area contributed by atoms with Gasteiger partial charge in [-0.15, -0.1) is 0 Å². The topological polar surface area (TPSA) is 25.0 Å². The molecule has 0 radical (unpaired) electrons. The fourth-order valence-electron chi connectivity index (χ4n) is 2.71. The molecule has 1 unspecified atom stereocenters. The minimum absolute atomic E-state index is 0.814. The number of aromatic nitrogens is 1. The van der Waals surface area contributed by atoms with E-state index >= 15 is 0 Å². The fraction of sp³-hybridized carbons (Fsp3) is 0.429. The number of hydrogen-bond acceptors (Lipinski definition) is 1. The highest BCUT2D eigenvalue weighted by Crippen LogP contribution is 2.32. The molecule has 1 aliphatic rings. The zero-order valence-electron chi connectivity index (χ0n) is 9.84. The quantitative estimate of drug-likeness (QED) is 0.775. The van der Waals surface area contributed by atoms with E-state index in [1.807, 2.05) is 0 Å². The smallest absolute Gasteiger partial charge is 0.120 e. The molecule has 3 rings (SSSR count). The number of fused-ring (bicyclic) bond motifs is 3. The molecule has 1 aromatic carbocycles. The lowest BCUT2D eigenvalue weighted by molar-refractivity contribution is 0.415. The number of benzene rings is 1. The van der Waals surface area contributed by atoms with Crippen molar-refractivity contribution in [2.75, 3.05) is 7.11 Å². The highest BCUT2D eigenvalue weighted by Gasteiger charge is 2.19. The van der Waals surface area contributed by atoms with Crippen molar-refractivity contribution in [3.63, 3.8) is 0 Å². The number of ether oxygens (including phenoxy) is 1. The van der Waals surface area contributed by atoms with Crippen LogP contribution in [0.4, 0.5) is 0 Å². The van der Waals surface area contributed by atoms with Crippen LogP contribution in [0.25, 0.3) is 10.9 Å². The molecule has 1 aromatic heterocycles. The van der Waals surface area contributed by atoms with Crippen molar-refractivity contribution in [3.05, 3.63) is 29.5 Å². The van der Waals surface area contributed by atoms with Gasteiger partial charge in [-0.25, -0.2) is 0 Å². The van der Waals surface area contributed by atoms with Crippen LogP contribution in [0.15, 0.2) is 18.2 Å². The Kier molecular flexibility index (Phi) is 2.16. The summed E-state index contributed by atoms with van der Waals surface area (Å²) in [5, 5.41) is 1.38. The number of hydrogen-bond donors (Lipinski definition) is 1. The first-order valence-corrected chi connectivity index (χ1v) is 5.95. The molecule has 2 aromatic rings. The first-order chi connectivity index (χ1) is 7.78. The first kappa shape index (κ1) is 9.76. The zero-order chi connectivity index (χ0) is 11.1. The molecule has 0 spiro atoms. The molecule has 1 atom stereocenters. The SMILES string of the molecule is COc1ccc2c3c([nH]c2c1)CCC(C)C3. The van der Waals surface area contributed by atoms with Crippen LogP contribution in [0.1, 0.15) is 24.6 Å². The molecule has 0 fully saturated rings. The Morgan fingerprint density at radius 2 is 2.25 bits per heavy atom. The largest absolute Gasteiger partial charge is 0.497 e. The third-order valence-corrected chi connectivity index (χ3v) is 3.64. The second-order valence-electron chi connectivity index (χ2n) is 4.84. The lowest BCUT2D eigenvalue weighted by Gasteiger charge is -2.17. The van der Waals surface area contributed by atoms with Gasteiger partial charge in [0, 0.05) is 22.7 Å². The Hall–Kier alpha value is -1.44. The first-order valence-electron chi connectivity index (χ1n) is 5.95. The van der Waals surface area contributed by atoms with Crippen LogP contribution in [0.3, 0.4) is 0 Å². The lowest BCUT2D eigenvalue weighted by Crippen LogP contribution is -2.09. The van der Waals surface area contributed by atoms with Gasteiger partial charge in [0.15, 0.2) is 0 Å². The van der Waals surface area contributed by atoms with Crippen LogP contribution in [0, 0.1) is 5.92 Å². The molecular weight excluding hydrogens is 198 g/mol. The van der Waals surface area contributed by atoms with Crippen LogP contribution in [0.2, 0.25) is 0 Å². The van der Waals surface area contributed by atoms with E-state index < -0.39 is 0 Å². The monoisotopic (exact) mass is 215 g/mol. The average molecular weight is 215 g/mol. The summed E-state index contributed by atoms with van der Waals surface area (Å²) in [6, 6.07) is 6.33. The van der Waals surface area contributed by atoms with Crippen molar-refractivity contribution in [2.24, 2.45) is 5.92 Å². The van der Waals surface area contributed by atoms with E-state index in [4.69, 9.17) is 4.74 Å². The molecule has 0 aliphatic heterocycles. The summed E-state index contributed by atoms with van der Waals surface area (Å²) < 4.78 is 5.26. The summed E-state index contributed by atoms with van der Waals surface area (Å²) in [4.78, 5) is 3.53. The summed E-state index contributed by atoms with van der Waals surface area (Å²) in [6.45, 7) is 2.34. The molecule has 0 amide bonds. The van der Waals surface area contributed by atoms with Gasteiger partial charge in [0.1, 0.15) is 5.75 Å². The third kappa shape index (κ3) is 1.41. The number of aromatic amines is 1. The number of aryl methyl sites for hydroxylation is 1. The number of H-pyrrole nitrogens is 1. The molecule has 2 heteroatoms. The highest BCUT2D eigenvalue weighted by molar-refractivity contribution is 5.86. The number of methoxy groups -OCH3 is 1. The second kappa shape index (κ2) is 3.55. The Bertz CT molecular complexity index is 527. The van der Waals surface area contributed by atoms with Gasteiger partial charge in [0.2, 0.25) is 0 Å². The lowest BCUT2D eigenvalue weighted by atomic mass is 9.88. The molecule has 84 valence electrons. The van der Waals surface area contributed by atoms with E-state index in [1.54, 1.807) is 7.11 Å². The Balaban J connectivity index is 2.17. The van der Waals surface area contributed by atoms with Gasteiger partial charge in [-0.1, -0.05) is 6.92 Å². The van der Waals surface area contributed by atoms with Crippen molar-refractivity contribution in [1.29, 1.82) is 0 Å². The molecule has 2 nitrogen and oxygen atoms in total. The standard InChI is InChI=1S/C14H17NO/c1-9-3-6-13-12(7-9)11-5-4-10(16-2)8-14(11)15-13/h4-5,8-9,15H,3,6-7H2,1-2H3. The van der Waals surface area contributed by atoms with Gasteiger partial charge in [-0.05, 0) is 42.9 Å². The van der Waals surface area contributed by atoms with Crippen LogP contribution in [-0.4, -0.2) is 12.1 Å². The van der Waals surface area contributed by atoms with Crippen molar-refractivity contribution in [2.45, 2.75) is 26.2 Å². The van der Waals surface area contributed by atoms with Crippen LogP contribution < -0.4 is 4.74 Å². The predicted octanol–water partition coefficient (Wildman–Crippen LogP) is 3.30. The fourth-order valence-corrected chi connectivity index (χ4v) is 2.71. The normalized spacial score (nSPS) is 19.8. The maximum Gasteiger partial charge on any atom is 0.120 e. The molecule has 1 N–H and O–H groups in total. The van der Waals surface area contributed by atoms with Gasteiger partial charge in [-0.2, -0.15) is 0 Å². The summed E-state index contributed by atoms with van der Waals surface area (Å²) in [5.41, 5.74) is 4.18. The van der Waals surface area contributed by atoms with Gasteiger partial charge >= 0.3 is 0 Å². The van der Waals surface area contributed by atoms with Gasteiger partial charge in [0.25, 0.3) is 0 Å². The Labute approximate surface area is 95.6 Å². The molecule has 1 aliphatic carbocycles. The third-order valence-electron chi connectivity index (χ3n) is 3.64. The summed E-state index contributed by atoms with van der Waals surface area (Å²) in [6.07, 6.45) is 3.70. The minimum atomic E-state index is 0.814. The van der Waals surface area contributed by atoms with E-state index in [1.165, 1.54) is 41.4 Å². The van der Waals surface area contributed by atoms with E-state index in [-0.39, 0.29) is 0 Å². The molecular formula is C14H17NO. The van der Waals surface area contributed by atoms with Crippen molar-refractivity contribution in [1.82, 2.24) is 4.98 Å². The Morgan fingerprint density at radius 3 is 3.06 bits per heavy atom. The molecule has 0 bridgehead atoms. The van der Waals surface area contributed by atoms with Crippen molar-refractivity contribution >= 4 is 10.9 Å². The van der Waals surface area contributed by atoms with Crippen molar-refractivity contribution in [3.8, 4) is 5.75 Å². The van der Waals surface area contributed by atoms with E-state index in [0.717, 1.165) is 11.7 Å². The van der Waals surface area contributed by atoms with E-state index in [0.29, 0.717) is 0 Å². The minimum Gasteiger partial charge on any atom is -0.497 e. The van der Waals surface area contributed by atoms with Gasteiger partial charge < -0.3 is 9.72 Å². The van der Waals surface area contributed by atoms with E-state index in [9.17, 15) is 0 Å². The second-order valence-corrected chi connectivity index (χ2v) is 4.84. The van der Waals surface area contributed by atoms with Gasteiger partial charge in [0.05, 0.1) is 7.11 Å². The van der Waals surface area contributed by atoms with Crippen LogP contribution in [-0.2, 0) is 12.8 Å². The number of nitrogens with one attached hydrogen (secondary N) is 1. The molecule has 0 saturated carbocycles. The van der Waals surface area contributed by atoms with Crippen LogP contribution in [0.5, 0.6) is 5.75 Å². The molecule has 1 heterocycles. The molecule has 16 heavy (non-hydrogen) atoms. The maximum absolute atomic E-state index is 5.26. The summed E-state index contributed by atoms with van der Waals surface area (Å²) in [7, 11) is 1.71. The Morgan fingerprint density at radius 1 is 1.38 bits per heavy atom. The van der Waals surface area contributed by atoms with Crippen molar-refractivity contribution < 1.29 is 4.74 Å². The summed E-state index contributed by atoms with van der Waals surface area (Å²) >= 11 is 0. The highest BCUT2D eigenvalue weighted by atomic mass is 16.5. The maximum atomic E-state index is 5.26. The van der Waals surface area contributed by atoms with Gasteiger partial charge in [-0.3, -0.25) is 0 Å². The van der Waals surface area contributed by atoms with Crippen LogP contribution >= 0.6 is 0 Å². The summed E-state index contributed by atoms with van der Waals surface area (Å²) in [5.74, 6) is 1.74.